The lowest BCUT2D eigenvalue weighted by Crippen LogP contribution is -2.52. The average Bonchev–Trinajstić information content (AvgIpc) is 2.45. The Hall–Kier alpha value is -1.96. The van der Waals surface area contributed by atoms with Gasteiger partial charge in [-0.25, -0.2) is 5.48 Å². The van der Waals surface area contributed by atoms with Crippen molar-refractivity contribution in [3.05, 3.63) is 0 Å². The summed E-state index contributed by atoms with van der Waals surface area (Å²) >= 11 is 0. The Morgan fingerprint density at radius 1 is 1.10 bits per heavy atom. The molecule has 118 valence electrons. The number of hydrogen-bond acceptors (Lipinski definition) is 5. The van der Waals surface area contributed by atoms with Gasteiger partial charge in [0.05, 0.1) is 0 Å². The van der Waals surface area contributed by atoms with Gasteiger partial charge in [-0.15, -0.1) is 0 Å². The van der Waals surface area contributed by atoms with Gasteiger partial charge in [0.2, 0.25) is 23.6 Å². The van der Waals surface area contributed by atoms with Crippen LogP contribution in [0, 0.1) is 0 Å². The van der Waals surface area contributed by atoms with Crippen LogP contribution in [0.1, 0.15) is 51.4 Å². The van der Waals surface area contributed by atoms with E-state index in [2.05, 4.69) is 10.6 Å². The van der Waals surface area contributed by atoms with Crippen LogP contribution in [0.25, 0.3) is 0 Å². The van der Waals surface area contributed by atoms with E-state index < -0.39 is 17.9 Å². The molecule has 0 aromatic heterocycles. The topological polar surface area (TPSA) is 125 Å². The Morgan fingerprint density at radius 2 is 1.71 bits per heavy atom. The molecule has 8 heteroatoms. The molecule has 0 bridgehead atoms. The van der Waals surface area contributed by atoms with Crippen molar-refractivity contribution in [2.75, 3.05) is 0 Å². The number of carbonyl (C=O) groups is 4. The Bertz CT molecular complexity index is 411. The van der Waals surface area contributed by atoms with E-state index in [1.54, 1.807) is 5.48 Å². The van der Waals surface area contributed by atoms with Gasteiger partial charge in [-0.1, -0.05) is 12.8 Å². The van der Waals surface area contributed by atoms with Crippen molar-refractivity contribution in [2.24, 2.45) is 0 Å². The summed E-state index contributed by atoms with van der Waals surface area (Å²) in [4.78, 5) is 44.8. The molecule has 0 radical (unpaired) electrons. The molecule has 1 aliphatic heterocycles. The fraction of sp³-hybridized carbons (Fsp3) is 0.692. The van der Waals surface area contributed by atoms with Crippen molar-refractivity contribution in [1.29, 1.82) is 0 Å². The summed E-state index contributed by atoms with van der Waals surface area (Å²) in [6, 6.07) is -0.622. The minimum atomic E-state index is -0.622. The maximum absolute atomic E-state index is 11.7. The fourth-order valence-corrected chi connectivity index (χ4v) is 2.08. The molecule has 21 heavy (non-hydrogen) atoms. The molecule has 0 saturated carbocycles. The number of nitrogens with one attached hydrogen (secondary N) is 3. The molecular weight excluding hydrogens is 278 g/mol. The zero-order valence-corrected chi connectivity index (χ0v) is 11.8. The number of rotatable bonds is 8. The predicted octanol–water partition coefficient (Wildman–Crippen LogP) is -0.246. The number of piperidine rings is 1. The molecule has 1 heterocycles. The molecule has 0 spiro atoms. The molecule has 8 nitrogen and oxygen atoms in total. The second kappa shape index (κ2) is 9.06. The average molecular weight is 299 g/mol. The van der Waals surface area contributed by atoms with Crippen LogP contribution >= 0.6 is 0 Å². The van der Waals surface area contributed by atoms with Gasteiger partial charge in [0.15, 0.2) is 0 Å². The third kappa shape index (κ3) is 6.84. The SMILES string of the molecule is O=C(CCCCCCC(=O)NC1CCC(=O)NC1=O)NO. The molecule has 0 aromatic carbocycles. The van der Waals surface area contributed by atoms with Crippen molar-refractivity contribution in [3.63, 3.8) is 0 Å². The summed E-state index contributed by atoms with van der Waals surface area (Å²) in [5, 5.41) is 13.1. The zero-order valence-electron chi connectivity index (χ0n) is 11.8. The van der Waals surface area contributed by atoms with Crippen molar-refractivity contribution < 1.29 is 24.4 Å². The summed E-state index contributed by atoms with van der Waals surface area (Å²) in [5.74, 6) is -1.38. The number of carbonyl (C=O) groups excluding carboxylic acids is 4. The summed E-state index contributed by atoms with van der Waals surface area (Å²) in [5.41, 5.74) is 1.56. The summed E-state index contributed by atoms with van der Waals surface area (Å²) < 4.78 is 0. The lowest BCUT2D eigenvalue weighted by Gasteiger charge is -2.21. The van der Waals surface area contributed by atoms with Crippen LogP contribution in [0.4, 0.5) is 0 Å². The smallest absolute Gasteiger partial charge is 0.249 e. The molecule has 1 unspecified atom stereocenters. The van der Waals surface area contributed by atoms with Crippen molar-refractivity contribution in [1.82, 2.24) is 16.1 Å². The fourth-order valence-electron chi connectivity index (χ4n) is 2.08. The molecule has 0 aliphatic carbocycles. The molecule has 1 fully saturated rings. The van der Waals surface area contributed by atoms with Gasteiger partial charge in [0.25, 0.3) is 0 Å². The van der Waals surface area contributed by atoms with Gasteiger partial charge in [-0.05, 0) is 19.3 Å². The van der Waals surface area contributed by atoms with E-state index in [0.717, 1.165) is 12.8 Å². The summed E-state index contributed by atoms with van der Waals surface area (Å²) in [6.45, 7) is 0. The van der Waals surface area contributed by atoms with Gasteiger partial charge in [0, 0.05) is 19.3 Å². The molecule has 1 atom stereocenters. The Morgan fingerprint density at radius 3 is 2.29 bits per heavy atom. The number of imide groups is 1. The number of amides is 4. The highest BCUT2D eigenvalue weighted by Crippen LogP contribution is 2.07. The van der Waals surface area contributed by atoms with E-state index in [0.29, 0.717) is 25.7 Å². The number of hydrogen-bond donors (Lipinski definition) is 4. The first kappa shape index (κ1) is 17.1. The van der Waals surface area contributed by atoms with Crippen LogP contribution in [-0.4, -0.2) is 34.9 Å². The zero-order chi connectivity index (χ0) is 15.7. The van der Waals surface area contributed by atoms with Crippen LogP contribution in [0.15, 0.2) is 0 Å². The molecule has 1 aliphatic rings. The quantitative estimate of drug-likeness (QED) is 0.213. The van der Waals surface area contributed by atoms with E-state index in [1.165, 1.54) is 0 Å². The second-order valence-electron chi connectivity index (χ2n) is 5.02. The maximum Gasteiger partial charge on any atom is 0.249 e. The largest absolute Gasteiger partial charge is 0.344 e. The van der Waals surface area contributed by atoms with Gasteiger partial charge in [-0.2, -0.15) is 0 Å². The molecule has 1 saturated heterocycles. The lowest BCUT2D eigenvalue weighted by molar-refractivity contribution is -0.137. The highest BCUT2D eigenvalue weighted by molar-refractivity contribution is 6.01. The molecule has 1 rings (SSSR count). The first-order valence-electron chi connectivity index (χ1n) is 7.09. The first-order chi connectivity index (χ1) is 10.0. The van der Waals surface area contributed by atoms with E-state index in [9.17, 15) is 19.2 Å². The maximum atomic E-state index is 11.7. The van der Waals surface area contributed by atoms with Crippen molar-refractivity contribution in [3.8, 4) is 0 Å². The van der Waals surface area contributed by atoms with Crippen LogP contribution in [0.3, 0.4) is 0 Å². The lowest BCUT2D eigenvalue weighted by atomic mass is 10.1. The second-order valence-corrected chi connectivity index (χ2v) is 5.02. The Labute approximate surface area is 122 Å². The molecule has 4 amide bonds. The highest BCUT2D eigenvalue weighted by Gasteiger charge is 2.27. The number of unbranched alkanes of at least 4 members (excludes halogenated alkanes) is 3. The normalized spacial score (nSPS) is 18.0. The van der Waals surface area contributed by atoms with Gasteiger partial charge >= 0.3 is 0 Å². The first-order valence-corrected chi connectivity index (χ1v) is 7.09. The van der Waals surface area contributed by atoms with Gasteiger partial charge < -0.3 is 5.32 Å². The van der Waals surface area contributed by atoms with E-state index in [4.69, 9.17) is 5.21 Å². The van der Waals surface area contributed by atoms with Crippen LogP contribution < -0.4 is 16.1 Å². The van der Waals surface area contributed by atoms with E-state index in [1.807, 2.05) is 0 Å². The minimum absolute atomic E-state index is 0.211. The van der Waals surface area contributed by atoms with Crippen molar-refractivity contribution in [2.45, 2.75) is 57.4 Å². The number of hydroxylamine groups is 1. The minimum Gasteiger partial charge on any atom is -0.344 e. The Balaban J connectivity index is 2.07. The van der Waals surface area contributed by atoms with Crippen LogP contribution in [-0.2, 0) is 19.2 Å². The molecular formula is C13H21N3O5. The highest BCUT2D eigenvalue weighted by atomic mass is 16.5. The third-order valence-corrected chi connectivity index (χ3v) is 3.26. The summed E-state index contributed by atoms with van der Waals surface area (Å²) in [7, 11) is 0. The van der Waals surface area contributed by atoms with Crippen LogP contribution in [0.2, 0.25) is 0 Å². The summed E-state index contributed by atoms with van der Waals surface area (Å²) in [6.07, 6.45) is 4.06. The monoisotopic (exact) mass is 299 g/mol. The van der Waals surface area contributed by atoms with E-state index in [-0.39, 0.29) is 24.7 Å². The van der Waals surface area contributed by atoms with Crippen molar-refractivity contribution >= 4 is 23.6 Å². The van der Waals surface area contributed by atoms with Gasteiger partial charge in [-0.3, -0.25) is 29.7 Å². The molecule has 4 N–H and O–H groups in total. The Kier molecular flexibility index (Phi) is 7.38. The third-order valence-electron chi connectivity index (χ3n) is 3.26. The predicted molar refractivity (Wildman–Crippen MR) is 71.9 cm³/mol. The standard InChI is InChI=1S/C13H21N3O5/c17-10(5-3-1-2-4-6-12(19)16-21)14-9-7-8-11(18)15-13(9)20/h9,21H,1-8H2,(H,14,17)(H,16,19)(H,15,18,20). The van der Waals surface area contributed by atoms with Crippen LogP contribution in [0.5, 0.6) is 0 Å². The van der Waals surface area contributed by atoms with E-state index >= 15 is 0 Å². The molecule has 0 aromatic rings. The van der Waals surface area contributed by atoms with Gasteiger partial charge in [0.1, 0.15) is 6.04 Å².